The van der Waals surface area contributed by atoms with Crippen LogP contribution in [0.2, 0.25) is 0 Å². The van der Waals surface area contributed by atoms with Crippen molar-refractivity contribution in [1.29, 1.82) is 0 Å². The Morgan fingerprint density at radius 1 is 0.958 bits per heavy atom. The van der Waals surface area contributed by atoms with Crippen molar-refractivity contribution >= 4 is 23.4 Å². The highest BCUT2D eigenvalue weighted by molar-refractivity contribution is 6.00. The maximum Gasteiger partial charge on any atom is 0.416 e. The third-order valence-corrected chi connectivity index (χ3v) is 3.19. The summed E-state index contributed by atoms with van der Waals surface area (Å²) >= 11 is 0. The van der Waals surface area contributed by atoms with Crippen LogP contribution in [0.4, 0.5) is 29.3 Å². The summed E-state index contributed by atoms with van der Waals surface area (Å²) in [6.07, 6.45) is -4.51. The number of urea groups is 1. The van der Waals surface area contributed by atoms with Gasteiger partial charge < -0.3 is 15.7 Å². The van der Waals surface area contributed by atoms with Gasteiger partial charge in [0.1, 0.15) is 0 Å². The fourth-order valence-corrected chi connectivity index (χ4v) is 1.99. The van der Waals surface area contributed by atoms with Gasteiger partial charge in [-0.1, -0.05) is 6.07 Å². The average Bonchev–Trinajstić information content (AvgIpc) is 2.48. The topological polar surface area (TPSA) is 78.4 Å². The Labute approximate surface area is 135 Å². The predicted octanol–water partition coefficient (Wildman–Crippen LogP) is 4.36. The molecule has 0 atom stereocenters. The highest BCUT2D eigenvalue weighted by Gasteiger charge is 2.32. The molecule has 2 rings (SSSR count). The zero-order valence-corrected chi connectivity index (χ0v) is 12.4. The normalized spacial score (nSPS) is 11.0. The van der Waals surface area contributed by atoms with E-state index in [9.17, 15) is 22.8 Å². The first kappa shape index (κ1) is 17.3. The molecule has 0 aliphatic rings. The van der Waals surface area contributed by atoms with Gasteiger partial charge in [0.25, 0.3) is 0 Å². The highest BCUT2D eigenvalue weighted by atomic mass is 19.4. The molecule has 0 spiro atoms. The first-order valence-corrected chi connectivity index (χ1v) is 6.76. The first-order valence-electron chi connectivity index (χ1n) is 6.76. The molecule has 0 heterocycles. The summed E-state index contributed by atoms with van der Waals surface area (Å²) in [6.45, 7) is 1.33. The predicted molar refractivity (Wildman–Crippen MR) is 82.2 cm³/mol. The average molecular weight is 338 g/mol. The number of anilines is 2. The molecular formula is C16H13F3N2O3. The van der Waals surface area contributed by atoms with Crippen LogP contribution in [-0.2, 0) is 6.18 Å². The number of halogens is 3. The smallest absolute Gasteiger partial charge is 0.416 e. The van der Waals surface area contributed by atoms with Crippen LogP contribution in [-0.4, -0.2) is 17.1 Å². The molecule has 2 amide bonds. The number of aryl methyl sites for hydroxylation is 1. The van der Waals surface area contributed by atoms with Gasteiger partial charge in [0.15, 0.2) is 0 Å². The van der Waals surface area contributed by atoms with Crippen molar-refractivity contribution in [3.05, 3.63) is 59.2 Å². The van der Waals surface area contributed by atoms with Gasteiger partial charge in [0.05, 0.1) is 11.1 Å². The lowest BCUT2D eigenvalue weighted by Crippen LogP contribution is -2.20. The van der Waals surface area contributed by atoms with E-state index in [1.54, 1.807) is 0 Å². The van der Waals surface area contributed by atoms with Crippen molar-refractivity contribution < 1.29 is 27.9 Å². The number of rotatable bonds is 3. The minimum atomic E-state index is -4.51. The number of alkyl halides is 3. The molecule has 126 valence electrons. The number of carbonyl (C=O) groups excluding carboxylic acids is 1. The lowest BCUT2D eigenvalue weighted by Gasteiger charge is -2.13. The van der Waals surface area contributed by atoms with Gasteiger partial charge in [-0.2, -0.15) is 13.2 Å². The van der Waals surface area contributed by atoms with Crippen LogP contribution in [0.15, 0.2) is 42.5 Å². The van der Waals surface area contributed by atoms with Crippen LogP contribution >= 0.6 is 0 Å². The van der Waals surface area contributed by atoms with Crippen molar-refractivity contribution in [3.63, 3.8) is 0 Å². The number of amides is 2. The molecular weight excluding hydrogens is 325 g/mol. The summed E-state index contributed by atoms with van der Waals surface area (Å²) in [5, 5.41) is 13.5. The Hall–Kier alpha value is -3.03. The Kier molecular flexibility index (Phi) is 4.77. The molecule has 3 N–H and O–H groups in total. The van der Waals surface area contributed by atoms with Crippen LogP contribution in [0, 0.1) is 6.92 Å². The largest absolute Gasteiger partial charge is 0.478 e. The first-order chi connectivity index (χ1) is 11.2. The van der Waals surface area contributed by atoms with Crippen molar-refractivity contribution in [2.45, 2.75) is 13.1 Å². The van der Waals surface area contributed by atoms with E-state index in [2.05, 4.69) is 10.6 Å². The molecule has 0 aliphatic carbocycles. The SMILES string of the molecule is Cc1ccc(NC(=O)Nc2ccc(C(=O)O)cc2)cc1C(F)(F)F. The maximum atomic E-state index is 12.8. The fraction of sp³-hybridized carbons (Fsp3) is 0.125. The van der Waals surface area contributed by atoms with Gasteiger partial charge in [-0.15, -0.1) is 0 Å². The Morgan fingerprint density at radius 2 is 1.50 bits per heavy atom. The number of carboxylic acid groups (broad SMARTS) is 1. The van der Waals surface area contributed by atoms with Crippen molar-refractivity contribution in [2.24, 2.45) is 0 Å². The number of aromatic carboxylic acids is 1. The van der Waals surface area contributed by atoms with Crippen LogP contribution in [0.25, 0.3) is 0 Å². The molecule has 2 aromatic carbocycles. The van der Waals surface area contributed by atoms with Crippen molar-refractivity contribution in [3.8, 4) is 0 Å². The third kappa shape index (κ3) is 4.25. The third-order valence-electron chi connectivity index (χ3n) is 3.19. The van der Waals surface area contributed by atoms with Gasteiger partial charge in [-0.3, -0.25) is 0 Å². The quantitative estimate of drug-likeness (QED) is 0.778. The summed E-state index contributed by atoms with van der Waals surface area (Å²) in [7, 11) is 0. The summed E-state index contributed by atoms with van der Waals surface area (Å²) in [6, 6.07) is 8.07. The number of carboxylic acids is 1. The van der Waals surface area contributed by atoms with Gasteiger partial charge in [0, 0.05) is 11.4 Å². The van der Waals surface area contributed by atoms with Gasteiger partial charge in [-0.25, -0.2) is 9.59 Å². The van der Waals surface area contributed by atoms with Crippen LogP contribution < -0.4 is 10.6 Å². The minimum absolute atomic E-state index is 0.00687. The number of benzene rings is 2. The van der Waals surface area contributed by atoms with E-state index in [-0.39, 0.29) is 16.8 Å². The Balaban J connectivity index is 2.08. The number of nitrogens with one attached hydrogen (secondary N) is 2. The van der Waals surface area contributed by atoms with E-state index in [0.717, 1.165) is 6.07 Å². The molecule has 0 fully saturated rings. The Bertz CT molecular complexity index is 771. The number of hydrogen-bond acceptors (Lipinski definition) is 2. The van der Waals surface area contributed by atoms with E-state index >= 15 is 0 Å². The molecule has 0 saturated carbocycles. The summed E-state index contributed by atoms with van der Waals surface area (Å²) in [5.74, 6) is -1.11. The van der Waals surface area contributed by atoms with Crippen LogP contribution in [0.1, 0.15) is 21.5 Å². The molecule has 0 radical (unpaired) electrons. The second-order valence-corrected chi connectivity index (χ2v) is 4.99. The molecule has 0 unspecified atom stereocenters. The molecule has 0 aromatic heterocycles. The molecule has 24 heavy (non-hydrogen) atoms. The van der Waals surface area contributed by atoms with Gasteiger partial charge in [-0.05, 0) is 48.9 Å². The number of hydrogen-bond donors (Lipinski definition) is 3. The molecule has 0 aliphatic heterocycles. The van der Waals surface area contributed by atoms with E-state index in [1.165, 1.54) is 43.3 Å². The molecule has 8 heteroatoms. The second-order valence-electron chi connectivity index (χ2n) is 4.99. The lowest BCUT2D eigenvalue weighted by atomic mass is 10.1. The van der Waals surface area contributed by atoms with E-state index < -0.39 is 23.7 Å². The zero-order chi connectivity index (χ0) is 17.9. The maximum absolute atomic E-state index is 12.8. The molecule has 5 nitrogen and oxygen atoms in total. The lowest BCUT2D eigenvalue weighted by molar-refractivity contribution is -0.138. The van der Waals surface area contributed by atoms with Gasteiger partial charge in [0.2, 0.25) is 0 Å². The monoisotopic (exact) mass is 338 g/mol. The summed E-state index contributed by atoms with van der Waals surface area (Å²) in [5.41, 5.74) is -0.425. The zero-order valence-electron chi connectivity index (χ0n) is 12.4. The summed E-state index contributed by atoms with van der Waals surface area (Å²) < 4.78 is 38.5. The molecule has 2 aromatic rings. The highest BCUT2D eigenvalue weighted by Crippen LogP contribution is 2.33. The number of carbonyl (C=O) groups is 2. The molecule has 0 bridgehead atoms. The Morgan fingerprint density at radius 3 is 2.04 bits per heavy atom. The standard InChI is InChI=1S/C16H13F3N2O3/c1-9-2-5-12(8-13(9)16(17,18)19)21-15(24)20-11-6-3-10(4-7-11)14(22)23/h2-8H,1H3,(H,22,23)(H2,20,21,24). The summed E-state index contributed by atoms with van der Waals surface area (Å²) in [4.78, 5) is 22.6. The van der Waals surface area contributed by atoms with Crippen molar-refractivity contribution in [2.75, 3.05) is 10.6 Å². The minimum Gasteiger partial charge on any atom is -0.478 e. The van der Waals surface area contributed by atoms with E-state index in [4.69, 9.17) is 5.11 Å². The second kappa shape index (κ2) is 6.61. The van der Waals surface area contributed by atoms with Crippen molar-refractivity contribution in [1.82, 2.24) is 0 Å². The fourth-order valence-electron chi connectivity index (χ4n) is 1.99. The van der Waals surface area contributed by atoms with Gasteiger partial charge >= 0.3 is 18.2 Å². The molecule has 0 saturated heterocycles. The van der Waals surface area contributed by atoms with Crippen LogP contribution in [0.5, 0.6) is 0 Å². The van der Waals surface area contributed by atoms with E-state index in [0.29, 0.717) is 5.69 Å². The van der Waals surface area contributed by atoms with Crippen LogP contribution in [0.3, 0.4) is 0 Å². The van der Waals surface area contributed by atoms with E-state index in [1.807, 2.05) is 0 Å².